The maximum atomic E-state index is 11.4. The van der Waals surface area contributed by atoms with Crippen LogP contribution < -0.4 is 0 Å². The fourth-order valence-corrected chi connectivity index (χ4v) is 1.28. The van der Waals surface area contributed by atoms with Crippen LogP contribution in [0.3, 0.4) is 0 Å². The maximum absolute atomic E-state index is 11.4. The molecule has 0 amide bonds. The molecule has 0 aliphatic heterocycles. The lowest BCUT2D eigenvalue weighted by atomic mass is 10.1. The van der Waals surface area contributed by atoms with Gasteiger partial charge < -0.3 is 4.74 Å². The van der Waals surface area contributed by atoms with Crippen molar-refractivity contribution >= 4 is 17.6 Å². The Bertz CT molecular complexity index is 396. The third-order valence-electron chi connectivity index (χ3n) is 1.61. The standard InChI is InChI=1S/C10H8ClNO2/c1-2-14-10(13)9-7(6-12)4-3-5-8(9)11/h3-5H,2H2,1H3. The molecule has 14 heavy (non-hydrogen) atoms. The molecule has 0 spiro atoms. The first-order valence-electron chi connectivity index (χ1n) is 4.06. The second-order valence-electron chi connectivity index (χ2n) is 2.49. The number of carbonyl (C=O) groups is 1. The Hall–Kier alpha value is -1.53. The van der Waals surface area contributed by atoms with Crippen LogP contribution in [0.15, 0.2) is 18.2 Å². The zero-order valence-electron chi connectivity index (χ0n) is 7.58. The molecule has 3 nitrogen and oxygen atoms in total. The minimum absolute atomic E-state index is 0.138. The van der Waals surface area contributed by atoms with Crippen molar-refractivity contribution in [3.05, 3.63) is 34.3 Å². The van der Waals surface area contributed by atoms with E-state index in [-0.39, 0.29) is 22.8 Å². The van der Waals surface area contributed by atoms with E-state index in [1.807, 2.05) is 6.07 Å². The first kappa shape index (κ1) is 10.6. The van der Waals surface area contributed by atoms with Gasteiger partial charge in [0.05, 0.1) is 22.8 Å². The van der Waals surface area contributed by atoms with Crippen LogP contribution >= 0.6 is 11.6 Å². The first-order valence-corrected chi connectivity index (χ1v) is 4.44. The number of hydrogen-bond acceptors (Lipinski definition) is 3. The molecule has 1 rings (SSSR count). The smallest absolute Gasteiger partial charge is 0.340 e. The lowest BCUT2D eigenvalue weighted by Crippen LogP contribution is -2.07. The molecule has 0 saturated carbocycles. The predicted molar refractivity (Wildman–Crippen MR) is 52.1 cm³/mol. The second kappa shape index (κ2) is 4.64. The number of benzene rings is 1. The van der Waals surface area contributed by atoms with E-state index in [2.05, 4.69) is 0 Å². The van der Waals surface area contributed by atoms with Crippen LogP contribution in [0.25, 0.3) is 0 Å². The number of rotatable bonds is 2. The molecule has 0 bridgehead atoms. The highest BCUT2D eigenvalue weighted by atomic mass is 35.5. The van der Waals surface area contributed by atoms with Crippen LogP contribution in [0.2, 0.25) is 5.02 Å². The normalized spacial score (nSPS) is 9.21. The molecule has 72 valence electrons. The van der Waals surface area contributed by atoms with Gasteiger partial charge >= 0.3 is 5.97 Å². The van der Waals surface area contributed by atoms with Gasteiger partial charge in [-0.1, -0.05) is 17.7 Å². The molecule has 0 aliphatic carbocycles. The highest BCUT2D eigenvalue weighted by Gasteiger charge is 2.15. The van der Waals surface area contributed by atoms with Gasteiger partial charge in [-0.2, -0.15) is 5.26 Å². The lowest BCUT2D eigenvalue weighted by Gasteiger charge is -2.04. The van der Waals surface area contributed by atoms with Gasteiger partial charge in [-0.25, -0.2) is 4.79 Å². The third kappa shape index (κ3) is 2.04. The molecule has 0 aromatic heterocycles. The van der Waals surface area contributed by atoms with E-state index < -0.39 is 5.97 Å². The zero-order chi connectivity index (χ0) is 10.6. The third-order valence-corrected chi connectivity index (χ3v) is 1.93. The van der Waals surface area contributed by atoms with Crippen LogP contribution in [-0.2, 0) is 4.74 Å². The number of nitrogens with zero attached hydrogens (tertiary/aromatic N) is 1. The Balaban J connectivity index is 3.18. The van der Waals surface area contributed by atoms with Gasteiger partial charge in [0.15, 0.2) is 0 Å². The largest absolute Gasteiger partial charge is 0.462 e. The first-order chi connectivity index (χ1) is 6.70. The monoisotopic (exact) mass is 209 g/mol. The molecule has 0 atom stereocenters. The highest BCUT2D eigenvalue weighted by molar-refractivity contribution is 6.33. The van der Waals surface area contributed by atoms with Crippen LogP contribution in [0.1, 0.15) is 22.8 Å². The fourth-order valence-electron chi connectivity index (χ4n) is 1.03. The van der Waals surface area contributed by atoms with E-state index in [0.29, 0.717) is 0 Å². The van der Waals surface area contributed by atoms with Crippen molar-refractivity contribution in [2.45, 2.75) is 6.92 Å². The quantitative estimate of drug-likeness (QED) is 0.703. The molecule has 0 heterocycles. The van der Waals surface area contributed by atoms with Crippen molar-refractivity contribution in [1.29, 1.82) is 5.26 Å². The van der Waals surface area contributed by atoms with Gasteiger partial charge in [-0.05, 0) is 19.1 Å². The van der Waals surface area contributed by atoms with E-state index in [0.717, 1.165) is 0 Å². The van der Waals surface area contributed by atoms with Crippen molar-refractivity contribution in [3.8, 4) is 6.07 Å². The SMILES string of the molecule is CCOC(=O)c1c(Cl)cccc1C#N. The molecule has 0 unspecified atom stereocenters. The second-order valence-corrected chi connectivity index (χ2v) is 2.90. The summed E-state index contributed by atoms with van der Waals surface area (Å²) in [7, 11) is 0. The molecule has 0 aliphatic rings. The average Bonchev–Trinajstić information content (AvgIpc) is 2.17. The molecule has 0 N–H and O–H groups in total. The van der Waals surface area contributed by atoms with E-state index in [1.165, 1.54) is 6.07 Å². The van der Waals surface area contributed by atoms with Crippen LogP contribution in [-0.4, -0.2) is 12.6 Å². The molecule has 0 radical (unpaired) electrons. The molecular formula is C10H8ClNO2. The van der Waals surface area contributed by atoms with Crippen LogP contribution in [0.4, 0.5) is 0 Å². The van der Waals surface area contributed by atoms with Gasteiger partial charge in [0.2, 0.25) is 0 Å². The average molecular weight is 210 g/mol. The Morgan fingerprint density at radius 1 is 1.64 bits per heavy atom. The minimum Gasteiger partial charge on any atom is -0.462 e. The van der Waals surface area contributed by atoms with E-state index >= 15 is 0 Å². The molecular weight excluding hydrogens is 202 g/mol. The van der Waals surface area contributed by atoms with Crippen LogP contribution in [0, 0.1) is 11.3 Å². The number of ether oxygens (including phenoxy) is 1. The minimum atomic E-state index is -0.561. The van der Waals surface area contributed by atoms with Crippen molar-refractivity contribution < 1.29 is 9.53 Å². The molecule has 1 aromatic rings. The Morgan fingerprint density at radius 2 is 2.36 bits per heavy atom. The van der Waals surface area contributed by atoms with E-state index in [4.69, 9.17) is 21.6 Å². The topological polar surface area (TPSA) is 50.1 Å². The summed E-state index contributed by atoms with van der Waals surface area (Å²) >= 11 is 5.79. The summed E-state index contributed by atoms with van der Waals surface area (Å²) in [5.41, 5.74) is 0.370. The van der Waals surface area contributed by atoms with Gasteiger partial charge in [0, 0.05) is 0 Å². The summed E-state index contributed by atoms with van der Waals surface area (Å²) in [6.45, 7) is 1.95. The van der Waals surface area contributed by atoms with Crippen LogP contribution in [0.5, 0.6) is 0 Å². The number of carbonyl (C=O) groups excluding carboxylic acids is 1. The van der Waals surface area contributed by atoms with Crippen molar-refractivity contribution in [3.63, 3.8) is 0 Å². The summed E-state index contributed by atoms with van der Waals surface area (Å²) in [4.78, 5) is 11.4. The predicted octanol–water partition coefficient (Wildman–Crippen LogP) is 2.39. The Morgan fingerprint density at radius 3 is 2.93 bits per heavy atom. The van der Waals surface area contributed by atoms with E-state index in [9.17, 15) is 4.79 Å². The molecule has 1 aromatic carbocycles. The number of esters is 1. The zero-order valence-corrected chi connectivity index (χ0v) is 8.34. The van der Waals surface area contributed by atoms with E-state index in [1.54, 1.807) is 19.1 Å². The molecule has 4 heteroatoms. The van der Waals surface area contributed by atoms with Crippen molar-refractivity contribution in [2.75, 3.05) is 6.61 Å². The Labute approximate surface area is 86.9 Å². The van der Waals surface area contributed by atoms with Gasteiger partial charge in [0.1, 0.15) is 6.07 Å². The molecule has 0 saturated heterocycles. The summed E-state index contributed by atoms with van der Waals surface area (Å²) in [5.74, 6) is -0.561. The number of nitriles is 1. The number of hydrogen-bond donors (Lipinski definition) is 0. The highest BCUT2D eigenvalue weighted by Crippen LogP contribution is 2.20. The molecule has 0 fully saturated rings. The van der Waals surface area contributed by atoms with Gasteiger partial charge in [-0.15, -0.1) is 0 Å². The maximum Gasteiger partial charge on any atom is 0.340 e. The summed E-state index contributed by atoms with van der Waals surface area (Å²) in [5, 5.41) is 8.98. The van der Waals surface area contributed by atoms with Gasteiger partial charge in [-0.3, -0.25) is 0 Å². The Kier molecular flexibility index (Phi) is 3.49. The van der Waals surface area contributed by atoms with Crippen molar-refractivity contribution in [2.24, 2.45) is 0 Å². The fraction of sp³-hybridized carbons (Fsp3) is 0.200. The number of halogens is 1. The lowest BCUT2D eigenvalue weighted by molar-refractivity contribution is 0.0526. The summed E-state index contributed by atoms with van der Waals surface area (Å²) in [6.07, 6.45) is 0. The summed E-state index contributed by atoms with van der Waals surface area (Å²) in [6, 6.07) is 6.58. The summed E-state index contributed by atoms with van der Waals surface area (Å²) < 4.78 is 4.78. The van der Waals surface area contributed by atoms with Gasteiger partial charge in [0.25, 0.3) is 0 Å². The van der Waals surface area contributed by atoms with Crippen molar-refractivity contribution in [1.82, 2.24) is 0 Å².